The van der Waals surface area contributed by atoms with E-state index in [0.29, 0.717) is 18.7 Å². The number of nitrogens with one attached hydrogen (secondary N) is 2. The zero-order valence-electron chi connectivity index (χ0n) is 20.2. The van der Waals surface area contributed by atoms with Gasteiger partial charge in [0.05, 0.1) is 0 Å². The highest BCUT2D eigenvalue weighted by Crippen LogP contribution is 2.34. The smallest absolute Gasteiger partial charge is 0.407 e. The Kier molecular flexibility index (Phi) is 8.17. The molecule has 2 fully saturated rings. The molecule has 0 spiro atoms. The molecule has 0 unspecified atom stereocenters. The molecule has 1 aliphatic heterocycles. The van der Waals surface area contributed by atoms with Crippen molar-refractivity contribution in [2.24, 2.45) is 0 Å². The normalized spacial score (nSPS) is 19.9. The maximum absolute atomic E-state index is 12.9. The molecule has 178 valence electrons. The molecule has 1 heterocycles. The van der Waals surface area contributed by atoms with E-state index >= 15 is 0 Å². The highest BCUT2D eigenvalue weighted by atomic mass is 16.6. The van der Waals surface area contributed by atoms with Crippen molar-refractivity contribution < 1.29 is 14.3 Å². The second-order valence-corrected chi connectivity index (χ2v) is 10.3. The number of carbonyl (C=O) groups excluding carboxylic acids is 2. The van der Waals surface area contributed by atoms with Crippen molar-refractivity contribution in [3.8, 4) is 0 Å². The lowest BCUT2D eigenvalue weighted by molar-refractivity contribution is 0.0138. The standard InChI is InChI=1S/C25H40N4O3/c1-24(2,3)32-23(31)26-18-20-8-10-21(11-9-20)22(30)27-19-25(12-6-5-7-13-25)29-16-14-28(4)15-17-29/h8-11H,5-7,12-19H2,1-4H3,(H,26,31)(H,27,30). The first-order valence-corrected chi connectivity index (χ1v) is 11.9. The maximum atomic E-state index is 12.9. The van der Waals surface area contributed by atoms with E-state index in [9.17, 15) is 9.59 Å². The zero-order chi connectivity index (χ0) is 23.2. The quantitative estimate of drug-likeness (QED) is 0.704. The summed E-state index contributed by atoms with van der Waals surface area (Å²) < 4.78 is 5.26. The molecule has 0 aromatic heterocycles. The van der Waals surface area contributed by atoms with Crippen molar-refractivity contribution in [2.45, 2.75) is 70.6 Å². The van der Waals surface area contributed by atoms with Gasteiger partial charge in [0.15, 0.2) is 0 Å². The molecule has 1 aromatic rings. The van der Waals surface area contributed by atoms with Crippen molar-refractivity contribution in [2.75, 3.05) is 39.8 Å². The maximum Gasteiger partial charge on any atom is 0.407 e. The lowest BCUT2D eigenvalue weighted by Gasteiger charge is -2.49. The van der Waals surface area contributed by atoms with E-state index in [1.807, 2.05) is 45.0 Å². The van der Waals surface area contributed by atoms with E-state index < -0.39 is 11.7 Å². The first-order valence-electron chi connectivity index (χ1n) is 11.9. The summed E-state index contributed by atoms with van der Waals surface area (Å²) in [6.45, 7) is 10.9. The molecule has 2 N–H and O–H groups in total. The summed E-state index contributed by atoms with van der Waals surface area (Å²) in [5.74, 6) is -0.0317. The van der Waals surface area contributed by atoms with Gasteiger partial charge in [0.25, 0.3) is 5.91 Å². The van der Waals surface area contributed by atoms with Crippen molar-refractivity contribution in [3.63, 3.8) is 0 Å². The van der Waals surface area contributed by atoms with Crippen LogP contribution in [0.1, 0.15) is 68.8 Å². The van der Waals surface area contributed by atoms with Crippen LogP contribution < -0.4 is 10.6 Å². The van der Waals surface area contributed by atoms with Crippen molar-refractivity contribution in [1.29, 1.82) is 0 Å². The molecule has 0 radical (unpaired) electrons. The number of hydrogen-bond donors (Lipinski definition) is 2. The van der Waals surface area contributed by atoms with Crippen LogP contribution in [-0.2, 0) is 11.3 Å². The van der Waals surface area contributed by atoms with Crippen LogP contribution in [0.15, 0.2) is 24.3 Å². The highest BCUT2D eigenvalue weighted by molar-refractivity contribution is 5.94. The zero-order valence-corrected chi connectivity index (χ0v) is 20.2. The Balaban J connectivity index is 1.53. The third-order valence-corrected chi connectivity index (χ3v) is 6.59. The third kappa shape index (κ3) is 6.94. The van der Waals surface area contributed by atoms with Crippen LogP contribution in [0.2, 0.25) is 0 Å². The Bertz CT molecular complexity index is 758. The molecule has 7 heteroatoms. The summed E-state index contributed by atoms with van der Waals surface area (Å²) in [5.41, 5.74) is 1.14. The average molecular weight is 445 g/mol. The summed E-state index contributed by atoms with van der Waals surface area (Å²) in [6, 6.07) is 7.40. The lowest BCUT2D eigenvalue weighted by Crippen LogP contribution is -2.61. The van der Waals surface area contributed by atoms with Gasteiger partial charge in [-0.3, -0.25) is 9.69 Å². The van der Waals surface area contributed by atoms with E-state index in [1.165, 1.54) is 19.3 Å². The molecule has 3 rings (SSSR count). The van der Waals surface area contributed by atoms with Crippen molar-refractivity contribution >= 4 is 12.0 Å². The SMILES string of the molecule is CN1CCN(C2(CNC(=O)c3ccc(CNC(=O)OC(C)(C)C)cc3)CCCCC2)CC1. The minimum Gasteiger partial charge on any atom is -0.444 e. The van der Waals surface area contributed by atoms with E-state index in [0.717, 1.165) is 44.6 Å². The molecular formula is C25H40N4O3. The fourth-order valence-electron chi connectivity index (χ4n) is 4.70. The Morgan fingerprint density at radius 2 is 1.59 bits per heavy atom. The van der Waals surface area contributed by atoms with Gasteiger partial charge in [-0.05, 0) is 58.4 Å². The summed E-state index contributed by atoms with van der Waals surface area (Å²) in [5, 5.41) is 5.98. The minimum absolute atomic E-state index is 0.0317. The Morgan fingerprint density at radius 1 is 0.969 bits per heavy atom. The second-order valence-electron chi connectivity index (χ2n) is 10.3. The number of carbonyl (C=O) groups is 2. The molecule has 0 atom stereocenters. The number of rotatable bonds is 6. The van der Waals surface area contributed by atoms with Gasteiger partial charge in [-0.1, -0.05) is 31.4 Å². The van der Waals surface area contributed by atoms with Gasteiger partial charge < -0.3 is 20.3 Å². The van der Waals surface area contributed by atoms with Crippen LogP contribution in [0.3, 0.4) is 0 Å². The monoisotopic (exact) mass is 444 g/mol. The van der Waals surface area contributed by atoms with Crippen molar-refractivity contribution in [3.05, 3.63) is 35.4 Å². The number of benzene rings is 1. The molecule has 1 saturated carbocycles. The molecule has 32 heavy (non-hydrogen) atoms. The fourth-order valence-corrected chi connectivity index (χ4v) is 4.70. The van der Waals surface area contributed by atoms with Crippen LogP contribution >= 0.6 is 0 Å². The van der Waals surface area contributed by atoms with E-state index in [2.05, 4.69) is 27.5 Å². The number of piperazine rings is 1. The largest absolute Gasteiger partial charge is 0.444 e. The number of amides is 2. The molecule has 1 aliphatic carbocycles. The number of hydrogen-bond acceptors (Lipinski definition) is 5. The molecule has 1 saturated heterocycles. The van der Waals surface area contributed by atoms with Crippen LogP contribution in [0.25, 0.3) is 0 Å². The highest BCUT2D eigenvalue weighted by Gasteiger charge is 2.39. The molecule has 1 aromatic carbocycles. The van der Waals surface area contributed by atoms with E-state index in [1.54, 1.807) is 0 Å². The van der Waals surface area contributed by atoms with Crippen LogP contribution in [-0.4, -0.2) is 72.7 Å². The molecule has 0 bridgehead atoms. The average Bonchev–Trinajstić information content (AvgIpc) is 2.76. The van der Waals surface area contributed by atoms with Gasteiger partial charge in [0.1, 0.15) is 5.60 Å². The fraction of sp³-hybridized carbons (Fsp3) is 0.680. The predicted octanol–water partition coefficient (Wildman–Crippen LogP) is 3.39. The second kappa shape index (κ2) is 10.7. The van der Waals surface area contributed by atoms with E-state index in [4.69, 9.17) is 4.74 Å². The Hall–Kier alpha value is -2.12. The summed E-state index contributed by atoms with van der Waals surface area (Å²) in [6.07, 6.45) is 5.64. The molecule has 2 aliphatic rings. The predicted molar refractivity (Wildman–Crippen MR) is 127 cm³/mol. The molecule has 2 amide bonds. The van der Waals surface area contributed by atoms with Crippen molar-refractivity contribution in [1.82, 2.24) is 20.4 Å². The summed E-state index contributed by atoms with van der Waals surface area (Å²) in [4.78, 5) is 29.7. The minimum atomic E-state index is -0.522. The Labute approximate surface area is 192 Å². The first kappa shape index (κ1) is 24.5. The number of likely N-dealkylation sites (N-methyl/N-ethyl adjacent to an activating group) is 1. The summed E-state index contributed by atoms with van der Waals surface area (Å²) in [7, 11) is 2.18. The lowest BCUT2D eigenvalue weighted by atomic mass is 9.79. The molecular weight excluding hydrogens is 404 g/mol. The van der Waals surface area contributed by atoms with Gasteiger partial charge >= 0.3 is 6.09 Å². The van der Waals surface area contributed by atoms with Gasteiger partial charge in [0.2, 0.25) is 0 Å². The van der Waals surface area contributed by atoms with Crippen LogP contribution in [0.5, 0.6) is 0 Å². The number of alkyl carbamates (subject to hydrolysis) is 1. The van der Waals surface area contributed by atoms with Gasteiger partial charge in [0, 0.05) is 50.4 Å². The van der Waals surface area contributed by atoms with Gasteiger partial charge in [-0.25, -0.2) is 4.79 Å². The van der Waals surface area contributed by atoms with Crippen LogP contribution in [0, 0.1) is 0 Å². The number of ether oxygens (including phenoxy) is 1. The van der Waals surface area contributed by atoms with Gasteiger partial charge in [-0.2, -0.15) is 0 Å². The first-order chi connectivity index (χ1) is 15.2. The number of nitrogens with zero attached hydrogens (tertiary/aromatic N) is 2. The summed E-state index contributed by atoms with van der Waals surface area (Å²) >= 11 is 0. The third-order valence-electron chi connectivity index (χ3n) is 6.59. The topological polar surface area (TPSA) is 73.9 Å². The van der Waals surface area contributed by atoms with E-state index in [-0.39, 0.29) is 11.4 Å². The molecule has 7 nitrogen and oxygen atoms in total. The van der Waals surface area contributed by atoms with Crippen LogP contribution in [0.4, 0.5) is 4.79 Å². The van der Waals surface area contributed by atoms with Gasteiger partial charge in [-0.15, -0.1) is 0 Å². The Morgan fingerprint density at radius 3 is 2.19 bits per heavy atom.